The van der Waals surface area contributed by atoms with Gasteiger partial charge in [0.2, 0.25) is 5.91 Å². The first-order valence-electron chi connectivity index (χ1n) is 10.6. The highest BCUT2D eigenvalue weighted by atomic mass is 32.1. The second-order valence-corrected chi connectivity index (χ2v) is 8.51. The normalized spacial score (nSPS) is 13.7. The number of anilines is 2. The predicted molar refractivity (Wildman–Crippen MR) is 123 cm³/mol. The van der Waals surface area contributed by atoms with Crippen molar-refractivity contribution >= 4 is 50.0 Å². The summed E-state index contributed by atoms with van der Waals surface area (Å²) in [5, 5.41) is 7.90. The molecule has 3 aromatic heterocycles. The number of nitrogens with zero attached hydrogens (tertiary/aromatic N) is 6. The van der Waals surface area contributed by atoms with Crippen molar-refractivity contribution in [1.29, 1.82) is 0 Å². The van der Waals surface area contributed by atoms with Crippen molar-refractivity contribution < 1.29 is 14.3 Å². The summed E-state index contributed by atoms with van der Waals surface area (Å²) in [5.41, 5.74) is 0.996. The molecule has 1 amide bonds. The van der Waals surface area contributed by atoms with E-state index in [1.54, 1.807) is 31.2 Å². The molecule has 0 bridgehead atoms. The Hall–Kier alpha value is -3.80. The highest BCUT2D eigenvalue weighted by Gasteiger charge is 2.21. The molecular formula is C21H21N7O4S. The molecule has 0 unspecified atom stereocenters. The fourth-order valence-electron chi connectivity index (χ4n) is 3.78. The van der Waals surface area contributed by atoms with Crippen LogP contribution in [0.25, 0.3) is 16.0 Å². The van der Waals surface area contributed by atoms with E-state index in [4.69, 9.17) is 4.74 Å². The standard InChI is InChI=1S/C21H21N7O4S/c1-2-32-19(30)13-7-3-4-8-14(13)23-15(29)11-28-21(31)27-12-22-17-16(18(27)25-28)33-20(24-17)26-9-5-6-10-26/h3-4,7-8,12H,2,5-6,9-11H2,1H3,(H,23,29). The van der Waals surface area contributed by atoms with Crippen LogP contribution in [0, 0.1) is 0 Å². The zero-order chi connectivity index (χ0) is 22.9. The number of para-hydroxylation sites is 1. The van der Waals surface area contributed by atoms with E-state index >= 15 is 0 Å². The number of nitrogens with one attached hydrogen (secondary N) is 1. The monoisotopic (exact) mass is 467 g/mol. The molecule has 0 radical (unpaired) electrons. The summed E-state index contributed by atoms with van der Waals surface area (Å²) in [4.78, 5) is 48.7. The summed E-state index contributed by atoms with van der Waals surface area (Å²) in [6, 6.07) is 6.54. The van der Waals surface area contributed by atoms with Crippen LogP contribution in [0.4, 0.5) is 10.8 Å². The number of ether oxygens (including phenoxy) is 1. The van der Waals surface area contributed by atoms with Crippen molar-refractivity contribution in [2.24, 2.45) is 0 Å². The number of esters is 1. The van der Waals surface area contributed by atoms with E-state index in [0.29, 0.717) is 21.7 Å². The lowest BCUT2D eigenvalue weighted by Crippen LogP contribution is -2.28. The molecule has 5 rings (SSSR count). The number of aromatic nitrogens is 5. The van der Waals surface area contributed by atoms with Crippen LogP contribution in [0.5, 0.6) is 0 Å². The molecule has 0 atom stereocenters. The summed E-state index contributed by atoms with van der Waals surface area (Å²) in [7, 11) is 0. The lowest BCUT2D eigenvalue weighted by molar-refractivity contribution is -0.117. The lowest BCUT2D eigenvalue weighted by atomic mass is 10.2. The van der Waals surface area contributed by atoms with E-state index in [9.17, 15) is 14.4 Å². The molecule has 1 aliphatic heterocycles. The Labute approximate surface area is 191 Å². The molecule has 33 heavy (non-hydrogen) atoms. The average molecular weight is 468 g/mol. The molecule has 1 fully saturated rings. The van der Waals surface area contributed by atoms with Gasteiger partial charge in [0.25, 0.3) is 0 Å². The number of thiazole rings is 1. The van der Waals surface area contributed by atoms with Gasteiger partial charge in [0.15, 0.2) is 16.4 Å². The fraction of sp³-hybridized carbons (Fsp3) is 0.333. The number of fused-ring (bicyclic) bond motifs is 3. The topological polar surface area (TPSA) is 124 Å². The Morgan fingerprint density at radius 2 is 2.00 bits per heavy atom. The molecule has 1 aromatic carbocycles. The minimum absolute atomic E-state index is 0.220. The van der Waals surface area contributed by atoms with Crippen molar-refractivity contribution in [3.8, 4) is 0 Å². The maximum absolute atomic E-state index is 12.8. The number of benzene rings is 1. The van der Waals surface area contributed by atoms with Crippen LogP contribution in [-0.2, 0) is 16.1 Å². The van der Waals surface area contributed by atoms with Crippen molar-refractivity contribution in [1.82, 2.24) is 24.1 Å². The first-order chi connectivity index (χ1) is 16.0. The molecule has 1 saturated heterocycles. The molecule has 12 heteroatoms. The molecule has 11 nitrogen and oxygen atoms in total. The van der Waals surface area contributed by atoms with E-state index in [-0.39, 0.29) is 18.7 Å². The largest absolute Gasteiger partial charge is 0.462 e. The highest BCUT2D eigenvalue weighted by Crippen LogP contribution is 2.31. The van der Waals surface area contributed by atoms with Crippen LogP contribution in [0.15, 0.2) is 35.4 Å². The second kappa shape index (κ2) is 8.62. The van der Waals surface area contributed by atoms with Crippen LogP contribution in [-0.4, -0.2) is 55.7 Å². The maximum Gasteiger partial charge on any atom is 0.352 e. The third-order valence-corrected chi connectivity index (χ3v) is 6.43. The van der Waals surface area contributed by atoms with Gasteiger partial charge in [-0.15, -0.1) is 5.10 Å². The van der Waals surface area contributed by atoms with Crippen LogP contribution < -0.4 is 15.9 Å². The smallest absolute Gasteiger partial charge is 0.352 e. The first kappa shape index (κ1) is 21.1. The quantitative estimate of drug-likeness (QED) is 0.427. The Bertz CT molecular complexity index is 1420. The molecule has 1 N–H and O–H groups in total. The molecule has 0 saturated carbocycles. The predicted octanol–water partition coefficient (Wildman–Crippen LogP) is 1.92. The van der Waals surface area contributed by atoms with Crippen LogP contribution in [0.3, 0.4) is 0 Å². The number of carbonyl (C=O) groups is 2. The third kappa shape index (κ3) is 3.93. The number of amides is 1. The van der Waals surface area contributed by atoms with Gasteiger partial charge in [-0.2, -0.15) is 4.98 Å². The van der Waals surface area contributed by atoms with Gasteiger partial charge < -0.3 is 15.0 Å². The summed E-state index contributed by atoms with van der Waals surface area (Å²) in [5.74, 6) is -1.03. The van der Waals surface area contributed by atoms with Crippen molar-refractivity contribution in [3.05, 3.63) is 46.6 Å². The zero-order valence-corrected chi connectivity index (χ0v) is 18.7. The van der Waals surface area contributed by atoms with Crippen molar-refractivity contribution in [3.63, 3.8) is 0 Å². The number of hydrogen-bond acceptors (Lipinski definition) is 9. The van der Waals surface area contributed by atoms with Gasteiger partial charge >= 0.3 is 11.7 Å². The third-order valence-electron chi connectivity index (χ3n) is 5.33. The average Bonchev–Trinajstić information content (AvgIpc) is 3.54. The van der Waals surface area contributed by atoms with Gasteiger partial charge in [-0.1, -0.05) is 23.5 Å². The highest BCUT2D eigenvalue weighted by molar-refractivity contribution is 7.22. The lowest BCUT2D eigenvalue weighted by Gasteiger charge is -2.11. The van der Waals surface area contributed by atoms with E-state index in [1.165, 1.54) is 22.1 Å². The van der Waals surface area contributed by atoms with Crippen LogP contribution in [0.2, 0.25) is 0 Å². The Morgan fingerprint density at radius 1 is 1.21 bits per heavy atom. The van der Waals surface area contributed by atoms with Gasteiger partial charge in [-0.05, 0) is 31.9 Å². The van der Waals surface area contributed by atoms with Gasteiger partial charge in [-0.3, -0.25) is 4.79 Å². The minimum atomic E-state index is -0.536. The Morgan fingerprint density at radius 3 is 2.79 bits per heavy atom. The first-order valence-corrected chi connectivity index (χ1v) is 11.4. The van der Waals surface area contributed by atoms with Gasteiger partial charge in [0.1, 0.15) is 17.6 Å². The molecule has 0 aliphatic carbocycles. The fourth-order valence-corrected chi connectivity index (χ4v) is 4.82. The number of hydrogen-bond donors (Lipinski definition) is 1. The van der Waals surface area contributed by atoms with Gasteiger partial charge in [0, 0.05) is 13.1 Å². The van der Waals surface area contributed by atoms with E-state index in [1.807, 2.05) is 0 Å². The zero-order valence-electron chi connectivity index (χ0n) is 17.9. The van der Waals surface area contributed by atoms with E-state index in [2.05, 4.69) is 25.3 Å². The maximum atomic E-state index is 12.8. The Kier molecular flexibility index (Phi) is 5.50. The minimum Gasteiger partial charge on any atom is -0.462 e. The van der Waals surface area contributed by atoms with Crippen LogP contribution in [0.1, 0.15) is 30.1 Å². The molecule has 4 aromatic rings. The van der Waals surface area contributed by atoms with Crippen LogP contribution >= 0.6 is 11.3 Å². The number of rotatable bonds is 6. The molecule has 1 aliphatic rings. The summed E-state index contributed by atoms with van der Waals surface area (Å²) < 4.78 is 8.12. The van der Waals surface area contributed by atoms with Gasteiger partial charge in [-0.25, -0.2) is 23.7 Å². The molecular weight excluding hydrogens is 446 g/mol. The van der Waals surface area contributed by atoms with Gasteiger partial charge in [0.05, 0.1) is 17.9 Å². The summed E-state index contributed by atoms with van der Waals surface area (Å²) in [6.07, 6.45) is 3.63. The van der Waals surface area contributed by atoms with E-state index < -0.39 is 17.6 Å². The molecule has 0 spiro atoms. The Balaban J connectivity index is 1.42. The second-order valence-electron chi connectivity index (χ2n) is 7.54. The molecule has 4 heterocycles. The van der Waals surface area contributed by atoms with Crippen molar-refractivity contribution in [2.45, 2.75) is 26.3 Å². The number of carbonyl (C=O) groups excluding carboxylic acids is 2. The summed E-state index contributed by atoms with van der Waals surface area (Å²) >= 11 is 1.44. The SMILES string of the molecule is CCOC(=O)c1ccccc1NC(=O)Cn1nc2c3sc(N4CCCC4)nc3ncn2c1=O. The molecule has 170 valence electrons. The van der Waals surface area contributed by atoms with E-state index in [0.717, 1.165) is 35.7 Å². The summed E-state index contributed by atoms with van der Waals surface area (Å²) in [6.45, 7) is 3.50. The van der Waals surface area contributed by atoms with Crippen molar-refractivity contribution in [2.75, 3.05) is 29.9 Å².